The quantitative estimate of drug-likeness (QED) is 0.804. The van der Waals surface area contributed by atoms with E-state index in [1.807, 2.05) is 13.0 Å². The van der Waals surface area contributed by atoms with Crippen LogP contribution in [0, 0.1) is 12.8 Å². The molecule has 2 aliphatic rings. The van der Waals surface area contributed by atoms with Gasteiger partial charge in [-0.2, -0.15) is 4.31 Å². The van der Waals surface area contributed by atoms with Gasteiger partial charge in [0.15, 0.2) is 0 Å². The van der Waals surface area contributed by atoms with Gasteiger partial charge in [-0.3, -0.25) is 0 Å². The molecule has 1 unspecified atom stereocenters. The molecular formula is C16H23NO4S. The molecule has 1 aromatic carbocycles. The zero-order chi connectivity index (χ0) is 15.7. The van der Waals surface area contributed by atoms with Crippen LogP contribution < -0.4 is 4.74 Å². The second kappa shape index (κ2) is 6.18. The van der Waals surface area contributed by atoms with E-state index < -0.39 is 10.0 Å². The summed E-state index contributed by atoms with van der Waals surface area (Å²) in [6.45, 7) is 3.59. The second-order valence-electron chi connectivity index (χ2n) is 6.20. The highest BCUT2D eigenvalue weighted by Gasteiger charge is 2.35. The van der Waals surface area contributed by atoms with E-state index in [-0.39, 0.29) is 11.0 Å². The molecule has 6 heteroatoms. The van der Waals surface area contributed by atoms with Crippen LogP contribution in [0.3, 0.4) is 0 Å². The molecule has 1 aliphatic carbocycles. The Kier molecular flexibility index (Phi) is 4.43. The minimum atomic E-state index is -3.53. The van der Waals surface area contributed by atoms with Gasteiger partial charge in [0.05, 0.1) is 13.2 Å². The molecule has 2 fully saturated rings. The van der Waals surface area contributed by atoms with Crippen molar-refractivity contribution in [3.8, 4) is 5.75 Å². The minimum absolute atomic E-state index is 0.0196. The van der Waals surface area contributed by atoms with E-state index >= 15 is 0 Å². The van der Waals surface area contributed by atoms with Gasteiger partial charge >= 0.3 is 0 Å². The van der Waals surface area contributed by atoms with Gasteiger partial charge < -0.3 is 9.47 Å². The largest absolute Gasteiger partial charge is 0.495 e. The summed E-state index contributed by atoms with van der Waals surface area (Å²) in [6.07, 6.45) is 3.27. The normalized spacial score (nSPS) is 22.9. The molecule has 0 aromatic heterocycles. The third-order valence-corrected chi connectivity index (χ3v) is 6.20. The van der Waals surface area contributed by atoms with Crippen molar-refractivity contribution < 1.29 is 17.9 Å². The van der Waals surface area contributed by atoms with Crippen molar-refractivity contribution in [2.45, 2.75) is 37.2 Å². The van der Waals surface area contributed by atoms with Crippen molar-refractivity contribution >= 4 is 10.0 Å². The van der Waals surface area contributed by atoms with E-state index in [2.05, 4.69) is 0 Å². The minimum Gasteiger partial charge on any atom is -0.495 e. The van der Waals surface area contributed by atoms with Crippen LogP contribution in [0.1, 0.15) is 24.8 Å². The maximum Gasteiger partial charge on any atom is 0.246 e. The molecule has 122 valence electrons. The first-order chi connectivity index (χ1) is 10.5. The molecule has 0 spiro atoms. The number of benzene rings is 1. The number of hydrogen-bond acceptors (Lipinski definition) is 4. The van der Waals surface area contributed by atoms with Crippen molar-refractivity contribution in [3.05, 3.63) is 23.8 Å². The highest BCUT2D eigenvalue weighted by molar-refractivity contribution is 7.89. The maximum absolute atomic E-state index is 12.9. The Labute approximate surface area is 132 Å². The number of ether oxygens (including phenoxy) is 2. The van der Waals surface area contributed by atoms with Gasteiger partial charge in [0.2, 0.25) is 10.0 Å². The van der Waals surface area contributed by atoms with E-state index in [9.17, 15) is 8.42 Å². The molecule has 1 aromatic rings. The Balaban J connectivity index is 1.74. The Hall–Kier alpha value is -1.11. The molecule has 1 atom stereocenters. The number of sulfonamides is 1. The lowest BCUT2D eigenvalue weighted by atomic mass is 10.2. The highest BCUT2D eigenvalue weighted by atomic mass is 32.2. The number of aryl methyl sites for hydroxylation is 1. The van der Waals surface area contributed by atoms with Crippen molar-refractivity contribution in [3.63, 3.8) is 0 Å². The summed E-state index contributed by atoms with van der Waals surface area (Å²) in [5.74, 6) is 1.09. The zero-order valence-corrected chi connectivity index (χ0v) is 13.9. The summed E-state index contributed by atoms with van der Waals surface area (Å²) in [7, 11) is -2.04. The molecule has 0 N–H and O–H groups in total. The maximum atomic E-state index is 12.9. The van der Waals surface area contributed by atoms with Crippen LogP contribution in [0.15, 0.2) is 23.1 Å². The molecule has 1 saturated carbocycles. The van der Waals surface area contributed by atoms with Gasteiger partial charge in [0.1, 0.15) is 10.6 Å². The summed E-state index contributed by atoms with van der Waals surface area (Å²) in [5, 5.41) is 0. The van der Waals surface area contributed by atoms with Crippen molar-refractivity contribution in [1.29, 1.82) is 0 Å². The van der Waals surface area contributed by atoms with Gasteiger partial charge in [-0.15, -0.1) is 0 Å². The fourth-order valence-electron chi connectivity index (χ4n) is 2.73. The number of hydrogen-bond donors (Lipinski definition) is 0. The Morgan fingerprint density at radius 1 is 1.27 bits per heavy atom. The molecule has 0 radical (unpaired) electrons. The molecule has 1 heterocycles. The fourth-order valence-corrected chi connectivity index (χ4v) is 4.46. The molecule has 3 rings (SSSR count). The Morgan fingerprint density at radius 2 is 2.05 bits per heavy atom. The van der Waals surface area contributed by atoms with Crippen molar-refractivity contribution in [1.82, 2.24) is 4.31 Å². The predicted molar refractivity (Wildman–Crippen MR) is 83.6 cm³/mol. The molecule has 1 aliphatic heterocycles. The number of nitrogens with zero attached hydrogens (tertiary/aromatic N) is 1. The third-order valence-electron chi connectivity index (χ3n) is 4.31. The van der Waals surface area contributed by atoms with Gasteiger partial charge in [-0.05, 0) is 49.8 Å². The van der Waals surface area contributed by atoms with Gasteiger partial charge in [-0.1, -0.05) is 6.07 Å². The average molecular weight is 325 g/mol. The first kappa shape index (κ1) is 15.8. The lowest BCUT2D eigenvalue weighted by Crippen LogP contribution is -2.30. The van der Waals surface area contributed by atoms with E-state index in [0.717, 1.165) is 18.6 Å². The van der Waals surface area contributed by atoms with E-state index in [1.165, 1.54) is 24.3 Å². The van der Waals surface area contributed by atoms with Gasteiger partial charge in [-0.25, -0.2) is 8.42 Å². The van der Waals surface area contributed by atoms with E-state index in [0.29, 0.717) is 24.8 Å². The first-order valence-corrected chi connectivity index (χ1v) is 9.21. The summed E-state index contributed by atoms with van der Waals surface area (Å²) in [6, 6.07) is 5.23. The molecule has 0 amide bonds. The van der Waals surface area contributed by atoms with Crippen molar-refractivity contribution in [2.75, 3.05) is 26.8 Å². The van der Waals surface area contributed by atoms with Gasteiger partial charge in [0, 0.05) is 19.7 Å². The molecule has 22 heavy (non-hydrogen) atoms. The highest BCUT2D eigenvalue weighted by Crippen LogP contribution is 2.32. The SMILES string of the molecule is COc1ccc(C)cc1S(=O)(=O)N1CCC(OCC2CC2)C1. The van der Waals surface area contributed by atoms with Crippen molar-refractivity contribution in [2.24, 2.45) is 5.92 Å². The smallest absolute Gasteiger partial charge is 0.246 e. The molecule has 1 saturated heterocycles. The first-order valence-electron chi connectivity index (χ1n) is 7.77. The number of methoxy groups -OCH3 is 1. The molecular weight excluding hydrogens is 302 g/mol. The zero-order valence-electron chi connectivity index (χ0n) is 13.1. The second-order valence-corrected chi connectivity index (χ2v) is 8.11. The van der Waals surface area contributed by atoms with E-state index in [1.54, 1.807) is 12.1 Å². The molecule has 5 nitrogen and oxygen atoms in total. The fraction of sp³-hybridized carbons (Fsp3) is 0.625. The predicted octanol–water partition coefficient (Wildman–Crippen LogP) is 2.19. The Bertz CT molecular complexity index is 640. The lowest BCUT2D eigenvalue weighted by Gasteiger charge is -2.19. The van der Waals surface area contributed by atoms with Crippen LogP contribution in [0.25, 0.3) is 0 Å². The molecule has 0 bridgehead atoms. The monoisotopic (exact) mass is 325 g/mol. The topological polar surface area (TPSA) is 55.8 Å². The summed E-state index contributed by atoms with van der Waals surface area (Å²) >= 11 is 0. The third kappa shape index (κ3) is 3.29. The summed E-state index contributed by atoms with van der Waals surface area (Å²) in [4.78, 5) is 0.248. The van der Waals surface area contributed by atoms with Crippen LogP contribution in [0.4, 0.5) is 0 Å². The standard InChI is InChI=1S/C16H23NO4S/c1-12-3-6-15(20-2)16(9-12)22(18,19)17-8-7-14(10-17)21-11-13-4-5-13/h3,6,9,13-14H,4-5,7-8,10-11H2,1-2H3. The van der Waals surface area contributed by atoms with Crippen LogP contribution in [0.2, 0.25) is 0 Å². The Morgan fingerprint density at radius 3 is 2.73 bits per heavy atom. The summed E-state index contributed by atoms with van der Waals surface area (Å²) < 4.78 is 38.3. The lowest BCUT2D eigenvalue weighted by molar-refractivity contribution is 0.0561. The van der Waals surface area contributed by atoms with Crippen LogP contribution in [-0.4, -0.2) is 45.6 Å². The average Bonchev–Trinajstić information content (AvgIpc) is 3.20. The summed E-state index contributed by atoms with van der Waals surface area (Å²) in [5.41, 5.74) is 0.903. The van der Waals surface area contributed by atoms with Crippen LogP contribution in [-0.2, 0) is 14.8 Å². The van der Waals surface area contributed by atoms with Crippen LogP contribution >= 0.6 is 0 Å². The number of rotatable bonds is 6. The van der Waals surface area contributed by atoms with E-state index in [4.69, 9.17) is 9.47 Å². The van der Waals surface area contributed by atoms with Gasteiger partial charge in [0.25, 0.3) is 0 Å². The van der Waals surface area contributed by atoms with Crippen LogP contribution in [0.5, 0.6) is 5.75 Å².